The first-order valence-corrected chi connectivity index (χ1v) is 13.5. The maximum absolute atomic E-state index is 13.3. The van der Waals surface area contributed by atoms with Gasteiger partial charge in [-0.2, -0.15) is 13.2 Å². The lowest BCUT2D eigenvalue weighted by molar-refractivity contribution is -0.192. The summed E-state index contributed by atoms with van der Waals surface area (Å²) in [6, 6.07) is 12.5. The maximum atomic E-state index is 13.3. The fourth-order valence-corrected chi connectivity index (χ4v) is 4.85. The number of alkyl halides is 3. The van der Waals surface area contributed by atoms with Gasteiger partial charge in [-0.3, -0.25) is 14.5 Å². The summed E-state index contributed by atoms with van der Waals surface area (Å²) < 4.78 is 44.9. The molecule has 41 heavy (non-hydrogen) atoms. The van der Waals surface area contributed by atoms with Crippen LogP contribution in [0.1, 0.15) is 30.9 Å². The average Bonchev–Trinajstić information content (AvgIpc) is 2.93. The molecule has 2 amide bonds. The van der Waals surface area contributed by atoms with E-state index in [4.69, 9.17) is 27.2 Å². The molecule has 1 aliphatic rings. The molecule has 2 aromatic rings. The van der Waals surface area contributed by atoms with E-state index < -0.39 is 18.2 Å². The van der Waals surface area contributed by atoms with Gasteiger partial charge in [-0.1, -0.05) is 55.3 Å². The predicted molar refractivity (Wildman–Crippen MR) is 147 cm³/mol. The van der Waals surface area contributed by atoms with Crippen molar-refractivity contribution in [1.82, 2.24) is 15.1 Å². The smallest absolute Gasteiger partial charge is 0.475 e. The molecule has 2 aromatic carbocycles. The van der Waals surface area contributed by atoms with E-state index in [9.17, 15) is 27.2 Å². The van der Waals surface area contributed by atoms with Gasteiger partial charge in [0.2, 0.25) is 11.8 Å². The molecule has 226 valence electrons. The van der Waals surface area contributed by atoms with Crippen molar-refractivity contribution in [3.63, 3.8) is 0 Å². The zero-order chi connectivity index (χ0) is 30.7. The van der Waals surface area contributed by atoms with E-state index in [1.165, 1.54) is 12.1 Å². The molecule has 0 radical (unpaired) electrons. The molecular formula is C28H35ClF4N4O4. The Morgan fingerprint density at radius 3 is 2.24 bits per heavy atom. The Kier molecular flexibility index (Phi) is 13.0. The van der Waals surface area contributed by atoms with Crippen molar-refractivity contribution in [2.45, 2.75) is 56.9 Å². The molecule has 1 heterocycles. The van der Waals surface area contributed by atoms with E-state index in [0.717, 1.165) is 24.0 Å². The van der Waals surface area contributed by atoms with Gasteiger partial charge in [0.05, 0.1) is 12.1 Å². The van der Waals surface area contributed by atoms with Gasteiger partial charge in [-0.05, 0) is 48.6 Å². The highest BCUT2D eigenvalue weighted by atomic mass is 35.5. The molecular weight excluding hydrogens is 568 g/mol. The third-order valence-corrected chi connectivity index (χ3v) is 7.08. The minimum atomic E-state index is -5.08. The number of nitrogens with zero attached hydrogens (tertiary/aromatic N) is 2. The summed E-state index contributed by atoms with van der Waals surface area (Å²) in [5.41, 5.74) is 8.03. The first kappa shape index (κ1) is 34.0. The normalized spacial score (nSPS) is 17.2. The molecule has 0 aliphatic carbocycles. The van der Waals surface area contributed by atoms with Crippen molar-refractivity contribution in [1.29, 1.82) is 0 Å². The standard InChI is InChI=1S/C26H34ClFN4O2.C2HF3O2/c1-3-6-21-17-31(24(25(33)30-2)16-19-7-4-5-8-22(19)27)13-14-32(21)26(34)23(29)15-18-9-11-20(28)12-10-18;3-2(4,5)1(6)7/h4-5,7-12,21,23-24H,3,6,13-17,29H2,1-2H3,(H,30,33);(H,6,7). The van der Waals surface area contributed by atoms with E-state index in [-0.39, 0.29) is 29.7 Å². The van der Waals surface area contributed by atoms with Gasteiger partial charge < -0.3 is 21.1 Å². The molecule has 1 saturated heterocycles. The number of rotatable bonds is 9. The van der Waals surface area contributed by atoms with Gasteiger partial charge in [-0.25, -0.2) is 9.18 Å². The van der Waals surface area contributed by atoms with Crippen LogP contribution in [-0.2, 0) is 27.2 Å². The Balaban J connectivity index is 0.000000745. The van der Waals surface area contributed by atoms with Gasteiger partial charge >= 0.3 is 12.1 Å². The molecule has 1 aliphatic heterocycles. The number of carbonyl (C=O) groups excluding carboxylic acids is 2. The van der Waals surface area contributed by atoms with Crippen molar-refractivity contribution < 1.29 is 37.1 Å². The minimum absolute atomic E-state index is 0.0380. The van der Waals surface area contributed by atoms with Crippen molar-refractivity contribution in [2.75, 3.05) is 26.7 Å². The van der Waals surface area contributed by atoms with E-state index in [1.54, 1.807) is 19.2 Å². The van der Waals surface area contributed by atoms with Crippen LogP contribution in [0.2, 0.25) is 5.02 Å². The molecule has 3 atom stereocenters. The summed E-state index contributed by atoms with van der Waals surface area (Å²) in [4.78, 5) is 39.0. The Hall–Kier alpha value is -3.22. The second-order valence-electron chi connectivity index (χ2n) is 9.63. The number of hydrogen-bond donors (Lipinski definition) is 3. The van der Waals surface area contributed by atoms with Crippen LogP contribution in [0.15, 0.2) is 48.5 Å². The average molecular weight is 603 g/mol. The molecule has 8 nitrogen and oxygen atoms in total. The molecule has 3 rings (SSSR count). The van der Waals surface area contributed by atoms with E-state index in [2.05, 4.69) is 17.1 Å². The molecule has 1 fully saturated rings. The largest absolute Gasteiger partial charge is 0.490 e. The molecule has 4 N–H and O–H groups in total. The molecule has 3 unspecified atom stereocenters. The Labute approximate surface area is 241 Å². The number of halogens is 5. The lowest BCUT2D eigenvalue weighted by Crippen LogP contribution is -2.62. The lowest BCUT2D eigenvalue weighted by Gasteiger charge is -2.45. The summed E-state index contributed by atoms with van der Waals surface area (Å²) in [6.07, 6.45) is -2.51. The minimum Gasteiger partial charge on any atom is -0.475 e. The van der Waals surface area contributed by atoms with Crippen LogP contribution < -0.4 is 11.1 Å². The number of benzene rings is 2. The first-order valence-electron chi connectivity index (χ1n) is 13.1. The van der Waals surface area contributed by atoms with Gasteiger partial charge in [-0.15, -0.1) is 0 Å². The van der Waals surface area contributed by atoms with Crippen LogP contribution in [0, 0.1) is 5.82 Å². The first-order chi connectivity index (χ1) is 19.3. The van der Waals surface area contributed by atoms with E-state index >= 15 is 0 Å². The quantitative estimate of drug-likeness (QED) is 0.378. The molecule has 0 spiro atoms. The van der Waals surface area contributed by atoms with Crippen LogP contribution in [0.4, 0.5) is 17.6 Å². The van der Waals surface area contributed by atoms with Crippen LogP contribution in [0.3, 0.4) is 0 Å². The zero-order valence-electron chi connectivity index (χ0n) is 22.8. The number of aliphatic carboxylic acids is 1. The summed E-state index contributed by atoms with van der Waals surface area (Å²) in [6.45, 7) is 3.74. The summed E-state index contributed by atoms with van der Waals surface area (Å²) in [7, 11) is 1.64. The van der Waals surface area contributed by atoms with Gasteiger partial charge in [0, 0.05) is 37.7 Å². The Morgan fingerprint density at radius 1 is 1.10 bits per heavy atom. The van der Waals surface area contributed by atoms with Crippen molar-refractivity contribution in [3.8, 4) is 0 Å². The van der Waals surface area contributed by atoms with E-state index in [0.29, 0.717) is 37.5 Å². The van der Waals surface area contributed by atoms with Gasteiger partial charge in [0.25, 0.3) is 0 Å². The topological polar surface area (TPSA) is 116 Å². The second-order valence-corrected chi connectivity index (χ2v) is 10.0. The summed E-state index contributed by atoms with van der Waals surface area (Å²) in [5.74, 6) is -3.24. The number of carbonyl (C=O) groups is 3. The highest BCUT2D eigenvalue weighted by Crippen LogP contribution is 2.23. The van der Waals surface area contributed by atoms with E-state index in [1.807, 2.05) is 29.2 Å². The van der Waals surface area contributed by atoms with Gasteiger partial charge in [0.1, 0.15) is 5.82 Å². The fourth-order valence-electron chi connectivity index (χ4n) is 4.63. The number of nitrogens with two attached hydrogens (primary N) is 1. The molecule has 13 heteroatoms. The number of piperazine rings is 1. The SMILES string of the molecule is CCCC1CN(C(Cc2ccccc2Cl)C(=O)NC)CCN1C(=O)C(N)Cc1ccc(F)cc1.O=C(O)C(F)(F)F. The van der Waals surface area contributed by atoms with Crippen LogP contribution >= 0.6 is 11.6 Å². The van der Waals surface area contributed by atoms with Crippen LogP contribution in [0.5, 0.6) is 0 Å². The number of carboxylic acids is 1. The third kappa shape index (κ3) is 10.3. The number of amides is 2. The monoisotopic (exact) mass is 602 g/mol. The summed E-state index contributed by atoms with van der Waals surface area (Å²) >= 11 is 6.37. The molecule has 0 saturated carbocycles. The number of carboxylic acid groups (broad SMARTS) is 1. The number of likely N-dealkylation sites (N-methyl/N-ethyl adjacent to an activating group) is 1. The molecule has 0 aromatic heterocycles. The number of nitrogens with one attached hydrogen (secondary N) is 1. The van der Waals surface area contributed by atoms with Crippen molar-refractivity contribution >= 4 is 29.4 Å². The Bertz CT molecular complexity index is 1170. The number of hydrogen-bond acceptors (Lipinski definition) is 5. The predicted octanol–water partition coefficient (Wildman–Crippen LogP) is 3.65. The fraction of sp³-hybridized carbons (Fsp3) is 0.464. The van der Waals surface area contributed by atoms with Crippen LogP contribution in [-0.4, -0.2) is 83.7 Å². The maximum Gasteiger partial charge on any atom is 0.490 e. The Morgan fingerprint density at radius 2 is 1.71 bits per heavy atom. The second kappa shape index (κ2) is 15.7. The van der Waals surface area contributed by atoms with Crippen LogP contribution in [0.25, 0.3) is 0 Å². The van der Waals surface area contributed by atoms with Crippen molar-refractivity contribution in [3.05, 3.63) is 70.5 Å². The zero-order valence-corrected chi connectivity index (χ0v) is 23.6. The highest BCUT2D eigenvalue weighted by molar-refractivity contribution is 6.31. The highest BCUT2D eigenvalue weighted by Gasteiger charge is 2.38. The summed E-state index contributed by atoms with van der Waals surface area (Å²) in [5, 5.41) is 10.5. The van der Waals surface area contributed by atoms with Gasteiger partial charge in [0.15, 0.2) is 0 Å². The third-order valence-electron chi connectivity index (χ3n) is 6.71. The lowest BCUT2D eigenvalue weighted by atomic mass is 9.98. The van der Waals surface area contributed by atoms with Crippen molar-refractivity contribution in [2.24, 2.45) is 5.73 Å². The molecule has 0 bridgehead atoms.